The van der Waals surface area contributed by atoms with Crippen molar-refractivity contribution >= 4 is 46.3 Å². The SMILES string of the molecule is CCN(CC)C1CCN(C(=O)Oc2cc(F)ccc2C=C2SC(N3CCNCC3)=NC2=S)CC1. The summed E-state index contributed by atoms with van der Waals surface area (Å²) in [4.78, 5) is 25.1. The van der Waals surface area contributed by atoms with Gasteiger partial charge in [0.05, 0.1) is 4.91 Å². The van der Waals surface area contributed by atoms with Crippen LogP contribution in [0.4, 0.5) is 9.18 Å². The third-order valence-electron chi connectivity index (χ3n) is 6.51. The first-order valence-corrected chi connectivity index (χ1v) is 13.2. The molecule has 0 radical (unpaired) electrons. The summed E-state index contributed by atoms with van der Waals surface area (Å²) >= 11 is 6.99. The number of thioether (sulfide) groups is 1. The molecular weight excluding hydrogens is 473 g/mol. The molecule has 1 aromatic rings. The molecule has 0 unspecified atom stereocenters. The van der Waals surface area contributed by atoms with Crippen LogP contribution < -0.4 is 10.1 Å². The number of carbonyl (C=O) groups is 1. The Morgan fingerprint density at radius 1 is 1.26 bits per heavy atom. The number of likely N-dealkylation sites (tertiary alicyclic amines) is 1. The highest BCUT2D eigenvalue weighted by Gasteiger charge is 2.28. The molecule has 0 aliphatic carbocycles. The molecule has 0 spiro atoms. The molecular formula is C24H32FN5O2S2. The fourth-order valence-corrected chi connectivity index (χ4v) is 5.85. The number of carbonyl (C=O) groups excluding carboxylic acids is 1. The van der Waals surface area contributed by atoms with E-state index in [1.54, 1.807) is 11.0 Å². The number of piperidine rings is 1. The number of thiocarbonyl (C=S) groups is 1. The van der Waals surface area contributed by atoms with Gasteiger partial charge in [-0.05, 0) is 55.9 Å². The number of piperazine rings is 1. The molecule has 184 valence electrons. The van der Waals surface area contributed by atoms with E-state index in [4.69, 9.17) is 17.0 Å². The second kappa shape index (κ2) is 11.6. The van der Waals surface area contributed by atoms with Crippen molar-refractivity contribution in [1.29, 1.82) is 0 Å². The summed E-state index contributed by atoms with van der Waals surface area (Å²) in [6.45, 7) is 11.2. The van der Waals surface area contributed by atoms with Crippen molar-refractivity contribution in [2.75, 3.05) is 52.4 Å². The first kappa shape index (κ1) is 25.1. The minimum absolute atomic E-state index is 0.197. The van der Waals surface area contributed by atoms with Crippen LogP contribution in [-0.4, -0.2) is 89.3 Å². The van der Waals surface area contributed by atoms with Crippen molar-refractivity contribution in [3.8, 4) is 5.75 Å². The predicted octanol–water partition coefficient (Wildman–Crippen LogP) is 3.81. The number of amides is 1. The van der Waals surface area contributed by atoms with Crippen LogP contribution in [0.3, 0.4) is 0 Å². The molecule has 4 rings (SSSR count). The number of benzene rings is 1. The number of nitrogens with one attached hydrogen (secondary N) is 1. The minimum Gasteiger partial charge on any atom is -0.409 e. The van der Waals surface area contributed by atoms with E-state index >= 15 is 0 Å². The average Bonchev–Trinajstić information content (AvgIpc) is 3.22. The number of amidine groups is 1. The van der Waals surface area contributed by atoms with Crippen molar-refractivity contribution in [3.05, 3.63) is 34.5 Å². The van der Waals surface area contributed by atoms with Crippen LogP contribution >= 0.6 is 24.0 Å². The summed E-state index contributed by atoms with van der Waals surface area (Å²) in [5.41, 5.74) is 0.606. The molecule has 3 aliphatic rings. The number of hydrogen-bond acceptors (Lipinski definition) is 7. The average molecular weight is 506 g/mol. The normalized spacial score (nSPS) is 20.9. The molecule has 1 N–H and O–H groups in total. The van der Waals surface area contributed by atoms with Crippen LogP contribution in [0.15, 0.2) is 28.1 Å². The summed E-state index contributed by atoms with van der Waals surface area (Å²) in [7, 11) is 0. The molecule has 1 amide bonds. The van der Waals surface area contributed by atoms with Gasteiger partial charge in [0.15, 0.2) is 5.17 Å². The third kappa shape index (κ3) is 5.97. The summed E-state index contributed by atoms with van der Waals surface area (Å²) in [5, 5.41) is 4.21. The molecule has 3 heterocycles. The molecule has 3 aliphatic heterocycles. The number of rotatable bonds is 5. The Morgan fingerprint density at radius 3 is 2.65 bits per heavy atom. The lowest BCUT2D eigenvalue weighted by Crippen LogP contribution is -2.47. The number of halogens is 1. The van der Waals surface area contributed by atoms with Gasteiger partial charge in [-0.15, -0.1) is 0 Å². The van der Waals surface area contributed by atoms with E-state index in [0.29, 0.717) is 29.7 Å². The monoisotopic (exact) mass is 505 g/mol. The number of nitrogens with zero attached hydrogens (tertiary/aromatic N) is 4. The highest BCUT2D eigenvalue weighted by atomic mass is 32.2. The van der Waals surface area contributed by atoms with Crippen LogP contribution in [0.1, 0.15) is 32.3 Å². The summed E-state index contributed by atoms with van der Waals surface area (Å²) in [6, 6.07) is 4.72. The van der Waals surface area contributed by atoms with Crippen molar-refractivity contribution in [2.24, 2.45) is 4.99 Å². The van der Waals surface area contributed by atoms with Crippen LogP contribution in [0, 0.1) is 5.82 Å². The highest BCUT2D eigenvalue weighted by molar-refractivity contribution is 8.19. The smallest absolute Gasteiger partial charge is 0.409 e. The van der Waals surface area contributed by atoms with Crippen LogP contribution in [0.5, 0.6) is 5.75 Å². The first-order chi connectivity index (χ1) is 16.5. The maximum atomic E-state index is 14.1. The number of hydrogen-bond donors (Lipinski definition) is 1. The minimum atomic E-state index is -0.454. The molecule has 2 fully saturated rings. The van der Waals surface area contributed by atoms with E-state index in [1.165, 1.54) is 23.9 Å². The van der Waals surface area contributed by atoms with E-state index in [1.807, 2.05) is 6.08 Å². The fourth-order valence-electron chi connectivity index (χ4n) is 4.56. The second-order valence-electron chi connectivity index (χ2n) is 8.54. The van der Waals surface area contributed by atoms with Crippen LogP contribution in [0.25, 0.3) is 6.08 Å². The Labute approximate surface area is 210 Å². The van der Waals surface area contributed by atoms with E-state index in [9.17, 15) is 9.18 Å². The lowest BCUT2D eigenvalue weighted by atomic mass is 10.0. The van der Waals surface area contributed by atoms with Crippen molar-refractivity contribution in [2.45, 2.75) is 32.7 Å². The van der Waals surface area contributed by atoms with E-state index in [2.05, 4.69) is 34.0 Å². The van der Waals surface area contributed by atoms with Crippen molar-refractivity contribution in [3.63, 3.8) is 0 Å². The third-order valence-corrected chi connectivity index (χ3v) is 8.01. The Kier molecular flexibility index (Phi) is 8.57. The van der Waals surface area contributed by atoms with Gasteiger partial charge in [-0.2, -0.15) is 0 Å². The van der Waals surface area contributed by atoms with E-state index in [-0.39, 0.29) is 5.75 Å². The molecule has 0 bridgehead atoms. The zero-order valence-electron chi connectivity index (χ0n) is 19.8. The lowest BCUT2D eigenvalue weighted by Gasteiger charge is -2.37. The van der Waals surface area contributed by atoms with Gasteiger partial charge in [0.25, 0.3) is 0 Å². The zero-order chi connectivity index (χ0) is 24.1. The molecule has 1 aromatic carbocycles. The summed E-state index contributed by atoms with van der Waals surface area (Å²) in [5.74, 6) is -0.257. The number of aliphatic imine (C=N–C) groups is 1. The fraction of sp³-hybridized carbons (Fsp3) is 0.542. The zero-order valence-corrected chi connectivity index (χ0v) is 21.4. The van der Waals surface area contributed by atoms with E-state index < -0.39 is 11.9 Å². The maximum Gasteiger partial charge on any atom is 0.415 e. The Hall–Kier alpha value is -2.01. The van der Waals surface area contributed by atoms with Gasteiger partial charge in [0, 0.05) is 56.9 Å². The number of ether oxygens (including phenoxy) is 1. The predicted molar refractivity (Wildman–Crippen MR) is 140 cm³/mol. The Balaban J connectivity index is 1.43. The van der Waals surface area contributed by atoms with Gasteiger partial charge in [0.1, 0.15) is 16.6 Å². The topological polar surface area (TPSA) is 60.4 Å². The van der Waals surface area contributed by atoms with Crippen molar-refractivity contribution in [1.82, 2.24) is 20.0 Å². The van der Waals surface area contributed by atoms with Gasteiger partial charge >= 0.3 is 6.09 Å². The second-order valence-corrected chi connectivity index (χ2v) is 9.93. The van der Waals surface area contributed by atoms with Gasteiger partial charge < -0.3 is 24.8 Å². The quantitative estimate of drug-likeness (QED) is 0.482. The Bertz CT molecular complexity index is 968. The molecule has 0 atom stereocenters. The first-order valence-electron chi connectivity index (χ1n) is 12.0. The van der Waals surface area contributed by atoms with Gasteiger partial charge in [-0.1, -0.05) is 26.1 Å². The van der Waals surface area contributed by atoms with Crippen LogP contribution in [0.2, 0.25) is 0 Å². The van der Waals surface area contributed by atoms with E-state index in [0.717, 1.165) is 62.2 Å². The van der Waals surface area contributed by atoms with Gasteiger partial charge in [-0.3, -0.25) is 0 Å². The van der Waals surface area contributed by atoms with Gasteiger partial charge in [0.2, 0.25) is 0 Å². The largest absolute Gasteiger partial charge is 0.415 e. The maximum absolute atomic E-state index is 14.1. The Morgan fingerprint density at radius 2 is 1.97 bits per heavy atom. The molecule has 2 saturated heterocycles. The summed E-state index contributed by atoms with van der Waals surface area (Å²) < 4.78 is 19.7. The molecule has 10 heteroatoms. The standard InChI is InChI=1S/C24H32FN5O2S2/c1-3-28(4-2)19-7-11-30(12-8-19)24(31)32-20-16-18(25)6-5-17(20)15-21-22(33)27-23(34-21)29-13-9-26-10-14-29/h5-6,15-16,19,26H,3-4,7-14H2,1-2H3. The highest BCUT2D eigenvalue weighted by Crippen LogP contribution is 2.34. The molecule has 0 saturated carbocycles. The molecule has 7 nitrogen and oxygen atoms in total. The van der Waals surface area contributed by atoms with Crippen molar-refractivity contribution < 1.29 is 13.9 Å². The lowest BCUT2D eigenvalue weighted by molar-refractivity contribution is 0.104. The van der Waals surface area contributed by atoms with Gasteiger partial charge in [-0.25, -0.2) is 14.2 Å². The summed E-state index contributed by atoms with van der Waals surface area (Å²) in [6.07, 6.45) is 3.21. The molecule has 0 aromatic heterocycles. The molecule has 34 heavy (non-hydrogen) atoms. The van der Waals surface area contributed by atoms with Crippen LogP contribution in [-0.2, 0) is 0 Å².